The molecule has 0 spiro atoms. The summed E-state index contributed by atoms with van der Waals surface area (Å²) in [4.78, 5) is 7.62. The molecule has 0 fully saturated rings. The van der Waals surface area contributed by atoms with Crippen molar-refractivity contribution in [3.8, 4) is 11.3 Å². The molecule has 2 rings (SSSR count). The van der Waals surface area contributed by atoms with Gasteiger partial charge >= 0.3 is 0 Å². The molecule has 17 heavy (non-hydrogen) atoms. The van der Waals surface area contributed by atoms with Crippen LogP contribution in [0.5, 0.6) is 0 Å². The molecular weight excluding hydrogens is 300 g/mol. The standard InChI is InChI=1S/C12H13BrN2OS/c1-16-6-7-17-12-14-8-11(15-12)9-2-4-10(13)5-3-9/h2-5,8H,6-7H2,1H3,(H,14,15). The summed E-state index contributed by atoms with van der Waals surface area (Å²) in [5, 5.41) is 0.931. The van der Waals surface area contributed by atoms with E-state index in [9.17, 15) is 0 Å². The van der Waals surface area contributed by atoms with Crippen LogP contribution in [0.2, 0.25) is 0 Å². The predicted molar refractivity (Wildman–Crippen MR) is 74.3 cm³/mol. The lowest BCUT2D eigenvalue weighted by Crippen LogP contribution is -1.91. The maximum Gasteiger partial charge on any atom is 0.165 e. The van der Waals surface area contributed by atoms with E-state index in [0.29, 0.717) is 0 Å². The Morgan fingerprint density at radius 2 is 2.12 bits per heavy atom. The molecule has 1 aromatic heterocycles. The van der Waals surface area contributed by atoms with E-state index < -0.39 is 0 Å². The van der Waals surface area contributed by atoms with Gasteiger partial charge in [-0.05, 0) is 17.7 Å². The van der Waals surface area contributed by atoms with Gasteiger partial charge in [0.15, 0.2) is 5.16 Å². The molecule has 0 bridgehead atoms. The van der Waals surface area contributed by atoms with Crippen molar-refractivity contribution in [2.45, 2.75) is 5.16 Å². The number of nitrogens with zero attached hydrogens (tertiary/aromatic N) is 1. The highest BCUT2D eigenvalue weighted by Crippen LogP contribution is 2.22. The largest absolute Gasteiger partial charge is 0.384 e. The first-order chi connectivity index (χ1) is 8.29. The van der Waals surface area contributed by atoms with Crippen LogP contribution in [0.1, 0.15) is 0 Å². The van der Waals surface area contributed by atoms with Gasteiger partial charge in [0.1, 0.15) is 0 Å². The van der Waals surface area contributed by atoms with Crippen molar-refractivity contribution in [2.75, 3.05) is 19.5 Å². The van der Waals surface area contributed by atoms with Crippen LogP contribution >= 0.6 is 27.7 Å². The van der Waals surface area contributed by atoms with Crippen LogP contribution in [0.25, 0.3) is 11.3 Å². The number of aromatic nitrogens is 2. The molecule has 0 saturated heterocycles. The molecule has 0 radical (unpaired) electrons. The maximum atomic E-state index is 5.00. The Hall–Kier alpha value is -0.780. The normalized spacial score (nSPS) is 10.7. The smallest absolute Gasteiger partial charge is 0.165 e. The third kappa shape index (κ3) is 3.59. The number of benzene rings is 1. The minimum absolute atomic E-state index is 0.735. The van der Waals surface area contributed by atoms with Gasteiger partial charge in [-0.2, -0.15) is 0 Å². The summed E-state index contributed by atoms with van der Waals surface area (Å²) in [6.07, 6.45) is 1.86. The zero-order chi connectivity index (χ0) is 12.1. The number of imidazole rings is 1. The van der Waals surface area contributed by atoms with Gasteiger partial charge in [0.05, 0.1) is 18.5 Å². The second kappa shape index (κ2) is 6.23. The van der Waals surface area contributed by atoms with E-state index in [1.165, 1.54) is 0 Å². The van der Waals surface area contributed by atoms with Gasteiger partial charge in [0.2, 0.25) is 0 Å². The fourth-order valence-electron chi connectivity index (χ4n) is 1.37. The van der Waals surface area contributed by atoms with Crippen molar-refractivity contribution in [2.24, 2.45) is 0 Å². The highest BCUT2D eigenvalue weighted by Gasteiger charge is 2.03. The average molecular weight is 313 g/mol. The zero-order valence-corrected chi connectivity index (χ0v) is 11.8. The van der Waals surface area contributed by atoms with Crippen molar-refractivity contribution in [1.82, 2.24) is 9.97 Å². The molecule has 0 aliphatic heterocycles. The quantitative estimate of drug-likeness (QED) is 0.677. The Morgan fingerprint density at radius 3 is 2.82 bits per heavy atom. The number of H-pyrrole nitrogens is 1. The molecule has 2 aromatic rings. The first-order valence-corrected chi connectivity index (χ1v) is 7.00. The van der Waals surface area contributed by atoms with Crippen molar-refractivity contribution >= 4 is 27.7 Å². The van der Waals surface area contributed by atoms with E-state index in [4.69, 9.17) is 4.74 Å². The zero-order valence-electron chi connectivity index (χ0n) is 9.44. The van der Waals surface area contributed by atoms with E-state index >= 15 is 0 Å². The van der Waals surface area contributed by atoms with E-state index in [1.807, 2.05) is 18.3 Å². The van der Waals surface area contributed by atoms with Gasteiger partial charge in [0.25, 0.3) is 0 Å². The number of hydrogen-bond donors (Lipinski definition) is 1. The summed E-state index contributed by atoms with van der Waals surface area (Å²) < 4.78 is 6.08. The fraction of sp³-hybridized carbons (Fsp3) is 0.250. The Morgan fingerprint density at radius 1 is 1.35 bits per heavy atom. The van der Waals surface area contributed by atoms with Crippen molar-refractivity contribution < 1.29 is 4.74 Å². The minimum atomic E-state index is 0.735. The molecule has 1 N–H and O–H groups in total. The summed E-state index contributed by atoms with van der Waals surface area (Å²) in [7, 11) is 1.70. The summed E-state index contributed by atoms with van der Waals surface area (Å²) in [5.41, 5.74) is 2.18. The number of ether oxygens (including phenoxy) is 1. The molecular formula is C12H13BrN2OS. The topological polar surface area (TPSA) is 37.9 Å². The first-order valence-electron chi connectivity index (χ1n) is 5.22. The van der Waals surface area contributed by atoms with Gasteiger partial charge < -0.3 is 9.72 Å². The van der Waals surface area contributed by atoms with Gasteiger partial charge in [-0.25, -0.2) is 4.98 Å². The van der Waals surface area contributed by atoms with Crippen LogP contribution in [0, 0.1) is 0 Å². The maximum absolute atomic E-state index is 5.00. The molecule has 0 aliphatic carbocycles. The lowest BCUT2D eigenvalue weighted by atomic mass is 10.2. The highest BCUT2D eigenvalue weighted by atomic mass is 79.9. The van der Waals surface area contributed by atoms with E-state index in [2.05, 4.69) is 38.0 Å². The van der Waals surface area contributed by atoms with Gasteiger partial charge in [-0.3, -0.25) is 0 Å². The lowest BCUT2D eigenvalue weighted by Gasteiger charge is -1.98. The van der Waals surface area contributed by atoms with Crippen molar-refractivity contribution in [3.05, 3.63) is 34.9 Å². The van der Waals surface area contributed by atoms with E-state index in [-0.39, 0.29) is 0 Å². The van der Waals surface area contributed by atoms with Gasteiger partial charge in [-0.15, -0.1) is 0 Å². The summed E-state index contributed by atoms with van der Waals surface area (Å²) in [6.45, 7) is 0.735. The van der Waals surface area contributed by atoms with Crippen LogP contribution in [-0.2, 0) is 4.74 Å². The van der Waals surface area contributed by atoms with E-state index in [1.54, 1.807) is 18.9 Å². The van der Waals surface area contributed by atoms with Crippen LogP contribution in [0.15, 0.2) is 40.1 Å². The first kappa shape index (κ1) is 12.7. The molecule has 1 aromatic carbocycles. The van der Waals surface area contributed by atoms with E-state index in [0.717, 1.165) is 33.2 Å². The molecule has 90 valence electrons. The summed E-state index contributed by atoms with van der Waals surface area (Å²) in [6, 6.07) is 8.16. The van der Waals surface area contributed by atoms with Crippen LogP contribution in [-0.4, -0.2) is 29.4 Å². The number of halogens is 1. The SMILES string of the molecule is COCCSc1ncc(-c2ccc(Br)cc2)[nH]1. The molecule has 1 heterocycles. The molecule has 0 unspecified atom stereocenters. The molecule has 0 saturated carbocycles. The van der Waals surface area contributed by atoms with Gasteiger partial charge in [0, 0.05) is 17.3 Å². The number of thioether (sulfide) groups is 1. The Balaban J connectivity index is 2.04. The number of rotatable bonds is 5. The Bertz CT molecular complexity index is 470. The fourth-order valence-corrected chi connectivity index (χ4v) is 2.39. The van der Waals surface area contributed by atoms with Crippen LogP contribution < -0.4 is 0 Å². The number of methoxy groups -OCH3 is 1. The molecule has 0 aliphatic rings. The minimum Gasteiger partial charge on any atom is -0.384 e. The second-order valence-corrected chi connectivity index (χ2v) is 5.45. The molecule has 0 amide bonds. The molecule has 3 nitrogen and oxygen atoms in total. The number of nitrogens with one attached hydrogen (secondary N) is 1. The average Bonchev–Trinajstić information content (AvgIpc) is 2.79. The van der Waals surface area contributed by atoms with Crippen LogP contribution in [0.3, 0.4) is 0 Å². The number of aromatic amines is 1. The highest BCUT2D eigenvalue weighted by molar-refractivity contribution is 9.10. The van der Waals surface area contributed by atoms with Crippen LogP contribution in [0.4, 0.5) is 0 Å². The summed E-state index contributed by atoms with van der Waals surface area (Å²) >= 11 is 5.08. The predicted octanol–water partition coefficient (Wildman–Crippen LogP) is 3.58. The Kier molecular flexibility index (Phi) is 4.65. The van der Waals surface area contributed by atoms with Crippen molar-refractivity contribution in [1.29, 1.82) is 0 Å². The van der Waals surface area contributed by atoms with Gasteiger partial charge in [-0.1, -0.05) is 39.8 Å². The number of hydrogen-bond acceptors (Lipinski definition) is 3. The summed E-state index contributed by atoms with van der Waals surface area (Å²) in [5.74, 6) is 0.907. The Labute approximate surface area is 113 Å². The third-order valence-electron chi connectivity index (χ3n) is 2.23. The monoisotopic (exact) mass is 312 g/mol. The third-order valence-corrected chi connectivity index (χ3v) is 3.61. The molecule has 0 atom stereocenters. The second-order valence-electron chi connectivity index (χ2n) is 3.45. The molecule has 5 heteroatoms. The van der Waals surface area contributed by atoms with Crippen molar-refractivity contribution in [3.63, 3.8) is 0 Å². The lowest BCUT2D eigenvalue weighted by molar-refractivity contribution is 0.218.